The predicted octanol–water partition coefficient (Wildman–Crippen LogP) is 8.18. The first-order valence-corrected chi connectivity index (χ1v) is 22.4. The van der Waals surface area contributed by atoms with E-state index < -0.39 is 59.8 Å². The van der Waals surface area contributed by atoms with Crippen molar-refractivity contribution >= 4 is 16.4 Å². The smallest absolute Gasteiger partial charge is 0.397 e. The van der Waals surface area contributed by atoms with Crippen molar-refractivity contribution in [2.24, 2.45) is 0 Å². The lowest BCUT2D eigenvalue weighted by molar-refractivity contribution is -0.301. The average molecular weight is 815 g/mol. The fraction of sp³-hybridized carbons (Fsp3) is 0.744. The van der Waals surface area contributed by atoms with Crippen LogP contribution in [0.25, 0.3) is 0 Å². The molecular formula is C43H74O12S. The molecule has 1 aliphatic heterocycles. The monoisotopic (exact) mass is 814 g/mol. The van der Waals surface area contributed by atoms with Crippen molar-refractivity contribution in [2.45, 2.75) is 179 Å². The molecule has 1 heterocycles. The second-order valence-electron chi connectivity index (χ2n) is 14.2. The fourth-order valence-electron chi connectivity index (χ4n) is 5.99. The van der Waals surface area contributed by atoms with Gasteiger partial charge in [-0.25, -0.2) is 4.18 Å². The third kappa shape index (κ3) is 28.2. The van der Waals surface area contributed by atoms with E-state index in [-0.39, 0.29) is 19.6 Å². The van der Waals surface area contributed by atoms with Crippen LogP contribution in [0.2, 0.25) is 0 Å². The van der Waals surface area contributed by atoms with E-state index in [4.69, 9.17) is 23.5 Å². The van der Waals surface area contributed by atoms with Crippen LogP contribution in [-0.4, -0.2) is 97.5 Å². The molecule has 0 spiro atoms. The van der Waals surface area contributed by atoms with Gasteiger partial charge in [-0.15, -0.1) is 0 Å². The number of hydrogen-bond donors (Lipinski definition) is 4. The molecule has 56 heavy (non-hydrogen) atoms. The molecule has 6 atom stereocenters. The summed E-state index contributed by atoms with van der Waals surface area (Å²) in [6.07, 6.45) is 33.2. The zero-order valence-electron chi connectivity index (χ0n) is 34.2. The summed E-state index contributed by atoms with van der Waals surface area (Å²) in [4.78, 5) is 12.6. The van der Waals surface area contributed by atoms with Gasteiger partial charge in [-0.05, 0) is 57.8 Å². The Bertz CT molecular complexity index is 1220. The molecule has 1 saturated heterocycles. The minimum atomic E-state index is -5.06. The summed E-state index contributed by atoms with van der Waals surface area (Å²) >= 11 is 0. The van der Waals surface area contributed by atoms with Gasteiger partial charge in [-0.2, -0.15) is 8.42 Å². The van der Waals surface area contributed by atoms with Crippen LogP contribution in [-0.2, 0) is 38.3 Å². The van der Waals surface area contributed by atoms with Gasteiger partial charge in [0, 0.05) is 13.0 Å². The molecule has 1 rings (SSSR count). The first kappa shape index (κ1) is 51.8. The average Bonchev–Trinajstić information content (AvgIpc) is 3.16. The molecule has 0 aromatic heterocycles. The SMILES string of the molecule is CC/C=C\C/C=C\C/C=C\C/C=C\C/C=C\CCCCCCCCCCOCC(COC1OC(CO)C(O)C(OS(=O)(=O)O)C1O)OC(=O)CCCCCCC. The lowest BCUT2D eigenvalue weighted by atomic mass is 9.99. The van der Waals surface area contributed by atoms with Crippen LogP contribution in [0.3, 0.4) is 0 Å². The molecule has 6 unspecified atom stereocenters. The first-order valence-electron chi connectivity index (χ1n) is 21.0. The number of hydrogen-bond acceptors (Lipinski definition) is 11. The molecule has 0 radical (unpaired) electrons. The number of rotatable bonds is 35. The van der Waals surface area contributed by atoms with Crippen molar-refractivity contribution in [1.29, 1.82) is 0 Å². The number of allylic oxidation sites excluding steroid dienone is 10. The molecule has 0 saturated carbocycles. The van der Waals surface area contributed by atoms with Crippen LogP contribution in [0.4, 0.5) is 0 Å². The summed E-state index contributed by atoms with van der Waals surface area (Å²) in [7, 11) is -5.06. The van der Waals surface area contributed by atoms with Gasteiger partial charge >= 0.3 is 16.4 Å². The number of carbonyl (C=O) groups excluding carboxylic acids is 1. The predicted molar refractivity (Wildman–Crippen MR) is 220 cm³/mol. The van der Waals surface area contributed by atoms with Crippen LogP contribution < -0.4 is 0 Å². The highest BCUT2D eigenvalue weighted by Gasteiger charge is 2.48. The lowest BCUT2D eigenvalue weighted by Gasteiger charge is -2.41. The van der Waals surface area contributed by atoms with E-state index in [9.17, 15) is 28.5 Å². The van der Waals surface area contributed by atoms with Crippen LogP contribution in [0.5, 0.6) is 0 Å². The van der Waals surface area contributed by atoms with Crippen molar-refractivity contribution in [3.8, 4) is 0 Å². The van der Waals surface area contributed by atoms with E-state index in [1.54, 1.807) is 0 Å². The van der Waals surface area contributed by atoms with Gasteiger partial charge < -0.3 is 34.3 Å². The number of aliphatic hydroxyl groups excluding tert-OH is 3. The molecule has 4 N–H and O–H groups in total. The van der Waals surface area contributed by atoms with Crippen molar-refractivity contribution in [2.75, 3.05) is 26.4 Å². The highest BCUT2D eigenvalue weighted by molar-refractivity contribution is 7.80. The summed E-state index contributed by atoms with van der Waals surface area (Å²) in [5.41, 5.74) is 0. The molecular weight excluding hydrogens is 741 g/mol. The highest BCUT2D eigenvalue weighted by Crippen LogP contribution is 2.26. The first-order chi connectivity index (χ1) is 27.1. The minimum Gasteiger partial charge on any atom is -0.457 e. The van der Waals surface area contributed by atoms with Crippen LogP contribution >= 0.6 is 0 Å². The maximum atomic E-state index is 12.6. The van der Waals surface area contributed by atoms with Gasteiger partial charge in [0.15, 0.2) is 6.29 Å². The Labute approximate surface area is 338 Å². The van der Waals surface area contributed by atoms with Gasteiger partial charge in [0.05, 0.1) is 19.8 Å². The zero-order chi connectivity index (χ0) is 41.1. The van der Waals surface area contributed by atoms with E-state index >= 15 is 0 Å². The number of esters is 1. The number of carbonyl (C=O) groups is 1. The topological polar surface area (TPSA) is 178 Å². The Morgan fingerprint density at radius 1 is 0.696 bits per heavy atom. The molecule has 1 aliphatic rings. The Morgan fingerprint density at radius 3 is 1.80 bits per heavy atom. The molecule has 0 amide bonds. The molecule has 0 aromatic carbocycles. The zero-order valence-corrected chi connectivity index (χ0v) is 35.0. The summed E-state index contributed by atoms with van der Waals surface area (Å²) in [5, 5.41) is 30.5. The second kappa shape index (κ2) is 34.8. The van der Waals surface area contributed by atoms with E-state index in [0.29, 0.717) is 13.0 Å². The van der Waals surface area contributed by atoms with Gasteiger partial charge in [-0.1, -0.05) is 139 Å². The molecule has 12 nitrogen and oxygen atoms in total. The van der Waals surface area contributed by atoms with Crippen molar-refractivity contribution < 1.29 is 56.2 Å². The molecule has 0 aliphatic carbocycles. The number of aliphatic hydroxyl groups is 3. The van der Waals surface area contributed by atoms with E-state index in [0.717, 1.165) is 83.5 Å². The maximum Gasteiger partial charge on any atom is 0.397 e. The highest BCUT2D eigenvalue weighted by atomic mass is 32.3. The molecule has 0 bridgehead atoms. The van der Waals surface area contributed by atoms with Gasteiger partial charge in [0.25, 0.3) is 0 Å². The van der Waals surface area contributed by atoms with Gasteiger partial charge in [0.2, 0.25) is 0 Å². The number of unbranched alkanes of at least 4 members (excludes halogenated alkanes) is 12. The third-order valence-corrected chi connectivity index (χ3v) is 9.62. The summed E-state index contributed by atoms with van der Waals surface area (Å²) in [5.74, 6) is -0.419. The Morgan fingerprint density at radius 2 is 1.23 bits per heavy atom. The standard InChI is InChI=1S/C43H74O12S/c1-3-5-7-9-10-11-12-13-14-15-16-17-18-19-20-21-22-23-24-25-26-27-29-31-33-51-35-37(53-39(45)32-30-28-8-6-4-2)36-52-43-41(47)42(55-56(48,49)50)40(46)38(34-44)54-43/h5,7,10-11,13-14,16-17,19-20,37-38,40-44,46-47H,3-4,6,8-9,12,15,18,21-36H2,1-2H3,(H,48,49,50)/b7-5-,11-10-,14-13-,17-16-,20-19-. The van der Waals surface area contributed by atoms with Crippen molar-refractivity contribution in [3.63, 3.8) is 0 Å². The van der Waals surface area contributed by atoms with E-state index in [1.807, 2.05) is 0 Å². The number of ether oxygens (including phenoxy) is 4. The summed E-state index contributed by atoms with van der Waals surface area (Å²) < 4.78 is 58.6. The van der Waals surface area contributed by atoms with Gasteiger partial charge in [0.1, 0.15) is 30.5 Å². The molecule has 13 heteroatoms. The fourth-order valence-corrected chi connectivity index (χ4v) is 6.50. The van der Waals surface area contributed by atoms with Crippen LogP contribution in [0, 0.1) is 0 Å². The van der Waals surface area contributed by atoms with Crippen molar-refractivity contribution in [3.05, 3.63) is 60.8 Å². The van der Waals surface area contributed by atoms with E-state index in [2.05, 4.69) is 78.8 Å². The largest absolute Gasteiger partial charge is 0.457 e. The second-order valence-corrected chi connectivity index (χ2v) is 15.3. The Hall–Kier alpha value is -2.20. The summed E-state index contributed by atoms with van der Waals surface area (Å²) in [6, 6.07) is 0. The Balaban J connectivity index is 2.29. The normalized spacial score (nSPS) is 21.4. The maximum absolute atomic E-state index is 12.6. The quantitative estimate of drug-likeness (QED) is 0.0209. The van der Waals surface area contributed by atoms with Crippen LogP contribution in [0.15, 0.2) is 60.8 Å². The minimum absolute atomic E-state index is 0.0271. The molecule has 1 fully saturated rings. The summed E-state index contributed by atoms with van der Waals surface area (Å²) in [6.45, 7) is 3.73. The third-order valence-electron chi connectivity index (χ3n) is 9.15. The van der Waals surface area contributed by atoms with Crippen molar-refractivity contribution in [1.82, 2.24) is 0 Å². The van der Waals surface area contributed by atoms with Gasteiger partial charge in [-0.3, -0.25) is 9.35 Å². The van der Waals surface area contributed by atoms with Crippen LogP contribution in [0.1, 0.15) is 142 Å². The molecule has 324 valence electrons. The molecule has 0 aromatic rings. The Kier molecular flexibility index (Phi) is 32.2. The van der Waals surface area contributed by atoms with E-state index in [1.165, 1.54) is 32.1 Å². The lowest BCUT2D eigenvalue weighted by Crippen LogP contribution is -2.60.